The summed E-state index contributed by atoms with van der Waals surface area (Å²) in [4.78, 5) is 28.4. The molecule has 114 valence electrons. The van der Waals surface area contributed by atoms with E-state index in [9.17, 15) is 9.59 Å². The number of fused-ring (bicyclic) bond motifs is 1. The Hall–Kier alpha value is -2.15. The number of aromatic nitrogens is 3. The maximum Gasteiger partial charge on any atom is 0.273 e. The predicted octanol–water partition coefficient (Wildman–Crippen LogP) is -0.116. The van der Waals surface area contributed by atoms with Crippen LogP contribution in [0.2, 0.25) is 0 Å². The van der Waals surface area contributed by atoms with E-state index >= 15 is 0 Å². The Bertz CT molecular complexity index is 744. The van der Waals surface area contributed by atoms with Gasteiger partial charge in [0.25, 0.3) is 5.56 Å². The summed E-state index contributed by atoms with van der Waals surface area (Å²) in [6.07, 6.45) is 0.194. The van der Waals surface area contributed by atoms with Crippen molar-refractivity contribution in [3.8, 4) is 0 Å². The average Bonchev–Trinajstić information content (AvgIpc) is 2.69. The number of hydrogen-bond acceptors (Lipinski definition) is 4. The molecular weight excluding hydrogens is 270 g/mol. The van der Waals surface area contributed by atoms with Crippen molar-refractivity contribution >= 4 is 16.9 Å². The molecule has 2 rings (SSSR count). The molecule has 7 nitrogen and oxygen atoms in total. The van der Waals surface area contributed by atoms with Crippen LogP contribution >= 0.6 is 0 Å². The lowest BCUT2D eigenvalue weighted by atomic mass is 10.0. The van der Waals surface area contributed by atoms with Crippen molar-refractivity contribution in [3.05, 3.63) is 27.2 Å². The number of nitrogens with one attached hydrogen (secondary N) is 2. The first-order valence-electron chi connectivity index (χ1n) is 6.89. The van der Waals surface area contributed by atoms with Crippen LogP contribution in [0.4, 0.5) is 0 Å². The van der Waals surface area contributed by atoms with Gasteiger partial charge >= 0.3 is 0 Å². The molecule has 2 aromatic heterocycles. The van der Waals surface area contributed by atoms with E-state index in [-0.39, 0.29) is 23.9 Å². The van der Waals surface area contributed by atoms with Gasteiger partial charge in [0, 0.05) is 25.3 Å². The van der Waals surface area contributed by atoms with Crippen molar-refractivity contribution < 1.29 is 4.79 Å². The Morgan fingerprint density at radius 2 is 2.14 bits per heavy atom. The molecule has 2 heterocycles. The molecule has 21 heavy (non-hydrogen) atoms. The third kappa shape index (κ3) is 2.82. The van der Waals surface area contributed by atoms with Crippen molar-refractivity contribution in [1.82, 2.24) is 20.1 Å². The average molecular weight is 291 g/mol. The number of carbonyl (C=O) groups excluding carboxylic acids is 1. The molecular formula is C14H21N5O2. The summed E-state index contributed by atoms with van der Waals surface area (Å²) in [6.45, 7) is 5.93. The molecule has 0 bridgehead atoms. The van der Waals surface area contributed by atoms with Crippen molar-refractivity contribution in [1.29, 1.82) is 0 Å². The molecule has 0 spiro atoms. The van der Waals surface area contributed by atoms with Gasteiger partial charge in [-0.05, 0) is 31.9 Å². The van der Waals surface area contributed by atoms with Crippen LogP contribution in [0.1, 0.15) is 23.7 Å². The number of aromatic amines is 1. The van der Waals surface area contributed by atoms with Crippen LogP contribution in [0.15, 0.2) is 4.79 Å². The van der Waals surface area contributed by atoms with Gasteiger partial charge in [0.15, 0.2) is 5.65 Å². The molecule has 4 N–H and O–H groups in total. The molecule has 0 unspecified atom stereocenters. The lowest BCUT2D eigenvalue weighted by Crippen LogP contribution is -2.38. The highest BCUT2D eigenvalue weighted by molar-refractivity contribution is 5.84. The largest absolute Gasteiger partial charge is 0.352 e. The fourth-order valence-electron chi connectivity index (χ4n) is 2.45. The summed E-state index contributed by atoms with van der Waals surface area (Å²) in [6, 6.07) is -0.0741. The van der Waals surface area contributed by atoms with Crippen molar-refractivity contribution in [2.24, 2.45) is 12.8 Å². The van der Waals surface area contributed by atoms with Crippen LogP contribution in [-0.2, 0) is 18.3 Å². The van der Waals surface area contributed by atoms with E-state index in [0.29, 0.717) is 17.6 Å². The lowest BCUT2D eigenvalue weighted by molar-refractivity contribution is -0.121. The topological polar surface area (TPSA) is 106 Å². The summed E-state index contributed by atoms with van der Waals surface area (Å²) in [5.74, 6) is -0.118. The first-order chi connectivity index (χ1) is 9.85. The maximum atomic E-state index is 12.0. The Morgan fingerprint density at radius 3 is 2.76 bits per heavy atom. The quantitative estimate of drug-likeness (QED) is 0.730. The summed E-state index contributed by atoms with van der Waals surface area (Å²) >= 11 is 0. The number of aryl methyl sites for hydroxylation is 3. The van der Waals surface area contributed by atoms with Gasteiger partial charge in [-0.1, -0.05) is 0 Å². The molecule has 0 saturated heterocycles. The third-order valence-electron chi connectivity index (χ3n) is 3.67. The van der Waals surface area contributed by atoms with Gasteiger partial charge in [-0.2, -0.15) is 0 Å². The molecule has 7 heteroatoms. The van der Waals surface area contributed by atoms with Crippen LogP contribution in [0.3, 0.4) is 0 Å². The van der Waals surface area contributed by atoms with Gasteiger partial charge in [-0.3, -0.25) is 19.4 Å². The van der Waals surface area contributed by atoms with Gasteiger partial charge in [-0.15, -0.1) is 0 Å². The van der Waals surface area contributed by atoms with Crippen LogP contribution in [0.5, 0.6) is 0 Å². The number of nitrogens with two attached hydrogens (primary N) is 1. The molecule has 0 saturated carbocycles. The number of amides is 1. The fraction of sp³-hybridized carbons (Fsp3) is 0.500. The van der Waals surface area contributed by atoms with Gasteiger partial charge < -0.3 is 11.1 Å². The zero-order valence-electron chi connectivity index (χ0n) is 12.8. The maximum absolute atomic E-state index is 12.0. The standard InChI is InChI=1S/C14H21N5O2/c1-7(6-15)16-11(20)5-10-8(2)12-13(17-9(10)3)19(4)18-14(12)21/h7H,5-6,15H2,1-4H3,(H,16,20)(H,18,21)/t7-/m0/s1. The van der Waals surface area contributed by atoms with Crippen LogP contribution in [0, 0.1) is 13.8 Å². The number of hydrogen-bond donors (Lipinski definition) is 3. The second kappa shape index (κ2) is 5.69. The first-order valence-corrected chi connectivity index (χ1v) is 6.89. The van der Waals surface area contributed by atoms with E-state index in [2.05, 4.69) is 15.4 Å². The minimum Gasteiger partial charge on any atom is -0.352 e. The molecule has 0 aromatic carbocycles. The van der Waals surface area contributed by atoms with E-state index in [4.69, 9.17) is 5.73 Å². The van der Waals surface area contributed by atoms with E-state index in [0.717, 1.165) is 16.8 Å². The number of rotatable bonds is 4. The Morgan fingerprint density at radius 1 is 1.48 bits per heavy atom. The molecule has 0 fully saturated rings. The molecule has 0 radical (unpaired) electrons. The van der Waals surface area contributed by atoms with E-state index < -0.39 is 0 Å². The summed E-state index contributed by atoms with van der Waals surface area (Å²) in [5, 5.41) is 6.04. The predicted molar refractivity (Wildman–Crippen MR) is 81.2 cm³/mol. The zero-order chi connectivity index (χ0) is 15.7. The van der Waals surface area contributed by atoms with Crippen LogP contribution < -0.4 is 16.6 Å². The molecule has 0 aliphatic rings. The molecule has 0 aliphatic heterocycles. The number of pyridine rings is 1. The SMILES string of the molecule is Cc1nc2c(c(C)c1CC(=O)N[C@@H](C)CN)c(=O)[nH]n2C. The van der Waals surface area contributed by atoms with Crippen LogP contribution in [-0.4, -0.2) is 33.3 Å². The smallest absolute Gasteiger partial charge is 0.273 e. The highest BCUT2D eigenvalue weighted by Crippen LogP contribution is 2.20. The third-order valence-corrected chi connectivity index (χ3v) is 3.67. The van der Waals surface area contributed by atoms with Crippen molar-refractivity contribution in [3.63, 3.8) is 0 Å². The Kier molecular flexibility index (Phi) is 4.13. The van der Waals surface area contributed by atoms with Crippen molar-refractivity contribution in [2.45, 2.75) is 33.2 Å². The minimum absolute atomic E-state index is 0.0741. The van der Waals surface area contributed by atoms with E-state index in [1.807, 2.05) is 20.8 Å². The van der Waals surface area contributed by atoms with Crippen LogP contribution in [0.25, 0.3) is 11.0 Å². The lowest BCUT2D eigenvalue weighted by Gasteiger charge is -2.14. The Balaban J connectivity index is 2.43. The van der Waals surface area contributed by atoms with Crippen molar-refractivity contribution in [2.75, 3.05) is 6.54 Å². The highest BCUT2D eigenvalue weighted by atomic mass is 16.1. The summed E-state index contributed by atoms with van der Waals surface area (Å²) in [7, 11) is 1.74. The molecule has 1 amide bonds. The van der Waals surface area contributed by atoms with Gasteiger partial charge in [0.2, 0.25) is 5.91 Å². The first kappa shape index (κ1) is 15.2. The van der Waals surface area contributed by atoms with Gasteiger partial charge in [0.1, 0.15) is 0 Å². The Labute approximate surface area is 122 Å². The minimum atomic E-state index is -0.186. The molecule has 0 aliphatic carbocycles. The molecule has 1 atom stereocenters. The number of carbonyl (C=O) groups is 1. The zero-order valence-corrected chi connectivity index (χ0v) is 12.8. The van der Waals surface area contributed by atoms with E-state index in [1.165, 1.54) is 0 Å². The monoisotopic (exact) mass is 291 g/mol. The van der Waals surface area contributed by atoms with Gasteiger partial charge in [-0.25, -0.2) is 4.98 Å². The summed E-state index contributed by atoms with van der Waals surface area (Å²) in [5.41, 5.74) is 8.26. The number of nitrogens with zero attached hydrogens (tertiary/aromatic N) is 2. The second-order valence-electron chi connectivity index (χ2n) is 5.38. The van der Waals surface area contributed by atoms with E-state index in [1.54, 1.807) is 11.7 Å². The van der Waals surface area contributed by atoms with Gasteiger partial charge in [0.05, 0.1) is 11.8 Å². The normalized spacial score (nSPS) is 12.6. The fourth-order valence-corrected chi connectivity index (χ4v) is 2.45. The second-order valence-corrected chi connectivity index (χ2v) is 5.38. The molecule has 2 aromatic rings. The summed E-state index contributed by atoms with van der Waals surface area (Å²) < 4.78 is 1.60. The highest BCUT2D eigenvalue weighted by Gasteiger charge is 2.17. The number of H-pyrrole nitrogens is 1.